The number of nitrogens with zero attached hydrogens (tertiary/aromatic N) is 2. The van der Waals surface area contributed by atoms with Crippen molar-refractivity contribution in [3.05, 3.63) is 65.7 Å². The van der Waals surface area contributed by atoms with Gasteiger partial charge in [-0.3, -0.25) is 14.4 Å². The maximum absolute atomic E-state index is 13.4. The molecule has 2 aromatic carbocycles. The summed E-state index contributed by atoms with van der Waals surface area (Å²) in [5.41, 5.74) is 1.13. The van der Waals surface area contributed by atoms with Gasteiger partial charge in [0.2, 0.25) is 11.8 Å². The third-order valence-corrected chi connectivity index (χ3v) is 8.15. The fourth-order valence-electron chi connectivity index (χ4n) is 4.13. The van der Waals surface area contributed by atoms with Crippen molar-refractivity contribution in [2.75, 3.05) is 13.1 Å². The summed E-state index contributed by atoms with van der Waals surface area (Å²) >= 11 is 0. The summed E-state index contributed by atoms with van der Waals surface area (Å²) in [7, 11) is -4.00. The monoisotopic (exact) mass is 499 g/mol. The molecule has 2 unspecified atom stereocenters. The van der Waals surface area contributed by atoms with E-state index in [0.29, 0.717) is 19.4 Å². The second-order valence-corrected chi connectivity index (χ2v) is 10.5. The van der Waals surface area contributed by atoms with Crippen LogP contribution in [0.15, 0.2) is 59.5 Å². The highest BCUT2D eigenvalue weighted by atomic mass is 32.2. The number of sulfonamides is 1. The van der Waals surface area contributed by atoms with E-state index in [1.54, 1.807) is 12.1 Å². The van der Waals surface area contributed by atoms with E-state index in [-0.39, 0.29) is 41.3 Å². The molecule has 0 spiro atoms. The van der Waals surface area contributed by atoms with E-state index in [4.69, 9.17) is 0 Å². The molecule has 0 aliphatic carbocycles. The van der Waals surface area contributed by atoms with Crippen LogP contribution >= 0.6 is 0 Å². The molecule has 1 N–H and O–H groups in total. The molecule has 9 heteroatoms. The number of carbonyl (C=O) groups excluding carboxylic acids is 3. The third kappa shape index (κ3) is 5.90. The zero-order valence-corrected chi connectivity index (χ0v) is 21.3. The number of fused-ring (bicyclic) bond motifs is 1. The number of rotatable bonds is 11. The van der Waals surface area contributed by atoms with Crippen molar-refractivity contribution in [3.8, 4) is 0 Å². The summed E-state index contributed by atoms with van der Waals surface area (Å²) in [6.07, 6.45) is 1.51. The van der Waals surface area contributed by atoms with Gasteiger partial charge in [-0.15, -0.1) is 0 Å². The molecule has 0 aromatic heterocycles. The van der Waals surface area contributed by atoms with Crippen molar-refractivity contribution in [1.29, 1.82) is 0 Å². The fourth-order valence-corrected chi connectivity index (χ4v) is 5.70. The van der Waals surface area contributed by atoms with Crippen LogP contribution in [0.3, 0.4) is 0 Å². The van der Waals surface area contributed by atoms with Gasteiger partial charge in [-0.25, -0.2) is 12.7 Å². The lowest BCUT2D eigenvalue weighted by Crippen LogP contribution is -2.52. The Kier molecular flexibility index (Phi) is 8.67. The molecule has 2 atom stereocenters. The number of benzene rings is 2. The molecule has 0 saturated carbocycles. The summed E-state index contributed by atoms with van der Waals surface area (Å²) in [6.45, 7) is 5.74. The van der Waals surface area contributed by atoms with Gasteiger partial charge in [-0.2, -0.15) is 0 Å². The van der Waals surface area contributed by atoms with E-state index < -0.39 is 22.0 Å². The van der Waals surface area contributed by atoms with E-state index in [2.05, 4.69) is 5.32 Å². The minimum absolute atomic E-state index is 0.0338. The fraction of sp³-hybridized carbons (Fsp3) is 0.423. The molecule has 2 aromatic rings. The van der Waals surface area contributed by atoms with Crippen molar-refractivity contribution in [3.63, 3.8) is 0 Å². The van der Waals surface area contributed by atoms with Crippen LogP contribution in [0.25, 0.3) is 0 Å². The van der Waals surface area contributed by atoms with Crippen LogP contribution < -0.4 is 5.32 Å². The van der Waals surface area contributed by atoms with Crippen molar-refractivity contribution in [1.82, 2.24) is 14.5 Å². The lowest BCUT2D eigenvalue weighted by Gasteiger charge is -2.32. The van der Waals surface area contributed by atoms with Gasteiger partial charge in [-0.05, 0) is 43.9 Å². The Morgan fingerprint density at radius 2 is 1.66 bits per heavy atom. The largest absolute Gasteiger partial charge is 0.352 e. The van der Waals surface area contributed by atoms with Gasteiger partial charge in [-0.1, -0.05) is 56.3 Å². The number of hydrogen-bond acceptors (Lipinski definition) is 5. The Morgan fingerprint density at radius 3 is 2.29 bits per heavy atom. The molecule has 1 aliphatic rings. The normalized spacial score (nSPS) is 15.9. The maximum Gasteiger partial charge on any atom is 0.269 e. The molecule has 3 rings (SSSR count). The SMILES string of the molecule is CCC(C)NC(=O)C(CC)N(CCc1ccccc1)C(=O)CCN1C(=O)c2ccccc2S1(=O)=O. The molecular weight excluding hydrogens is 466 g/mol. The van der Waals surface area contributed by atoms with Crippen LogP contribution in [0.4, 0.5) is 0 Å². The zero-order chi connectivity index (χ0) is 25.6. The maximum atomic E-state index is 13.4. The van der Waals surface area contributed by atoms with Crippen LogP contribution in [0.2, 0.25) is 0 Å². The minimum atomic E-state index is -4.00. The number of nitrogens with one attached hydrogen (secondary N) is 1. The molecular formula is C26H33N3O5S. The first-order valence-corrected chi connectivity index (χ1v) is 13.4. The van der Waals surface area contributed by atoms with Gasteiger partial charge < -0.3 is 10.2 Å². The topological polar surface area (TPSA) is 104 Å². The van der Waals surface area contributed by atoms with Crippen LogP contribution in [0.1, 0.15) is 56.0 Å². The van der Waals surface area contributed by atoms with Crippen LogP contribution in [-0.2, 0) is 26.0 Å². The molecule has 0 radical (unpaired) electrons. The van der Waals surface area contributed by atoms with Crippen molar-refractivity contribution >= 4 is 27.7 Å². The Hall–Kier alpha value is -3.20. The summed E-state index contributed by atoms with van der Waals surface area (Å²) in [6, 6.07) is 14.9. The Bertz CT molecular complexity index is 1170. The quantitative estimate of drug-likeness (QED) is 0.512. The zero-order valence-electron chi connectivity index (χ0n) is 20.4. The predicted molar refractivity (Wildman–Crippen MR) is 133 cm³/mol. The molecule has 8 nitrogen and oxygen atoms in total. The van der Waals surface area contributed by atoms with E-state index in [0.717, 1.165) is 16.3 Å². The van der Waals surface area contributed by atoms with Crippen molar-refractivity contribution in [2.24, 2.45) is 0 Å². The van der Waals surface area contributed by atoms with Gasteiger partial charge in [0.25, 0.3) is 15.9 Å². The summed E-state index contributed by atoms with van der Waals surface area (Å²) < 4.78 is 26.5. The van der Waals surface area contributed by atoms with E-state index in [1.165, 1.54) is 17.0 Å². The number of hydrogen-bond donors (Lipinski definition) is 1. The average Bonchev–Trinajstić information content (AvgIpc) is 3.05. The Morgan fingerprint density at radius 1 is 1.00 bits per heavy atom. The Balaban J connectivity index is 1.78. The molecule has 1 heterocycles. The van der Waals surface area contributed by atoms with Crippen molar-refractivity contribution < 1.29 is 22.8 Å². The first-order valence-electron chi connectivity index (χ1n) is 12.0. The van der Waals surface area contributed by atoms with Crippen LogP contribution in [0, 0.1) is 0 Å². The summed E-state index contributed by atoms with van der Waals surface area (Å²) in [5.74, 6) is -1.24. The van der Waals surface area contributed by atoms with Crippen LogP contribution in [0.5, 0.6) is 0 Å². The Labute approximate surface area is 207 Å². The smallest absolute Gasteiger partial charge is 0.269 e. The van der Waals surface area contributed by atoms with E-state index in [1.807, 2.05) is 51.1 Å². The molecule has 0 bridgehead atoms. The molecule has 0 fully saturated rings. The van der Waals surface area contributed by atoms with E-state index in [9.17, 15) is 22.8 Å². The van der Waals surface area contributed by atoms with E-state index >= 15 is 0 Å². The molecule has 188 valence electrons. The second-order valence-electron chi connectivity index (χ2n) is 8.69. The number of carbonyl (C=O) groups is 3. The summed E-state index contributed by atoms with van der Waals surface area (Å²) in [5, 5.41) is 2.95. The van der Waals surface area contributed by atoms with Gasteiger partial charge in [0.1, 0.15) is 10.9 Å². The molecule has 0 saturated heterocycles. The van der Waals surface area contributed by atoms with Gasteiger partial charge >= 0.3 is 0 Å². The highest BCUT2D eigenvalue weighted by Gasteiger charge is 2.41. The lowest BCUT2D eigenvalue weighted by molar-refractivity contribution is -0.141. The first kappa shape index (κ1) is 26.4. The molecule has 35 heavy (non-hydrogen) atoms. The lowest BCUT2D eigenvalue weighted by atomic mass is 10.1. The van der Waals surface area contributed by atoms with Gasteiger partial charge in [0.05, 0.1) is 5.56 Å². The highest BCUT2D eigenvalue weighted by Crippen LogP contribution is 2.30. The average molecular weight is 500 g/mol. The van der Waals surface area contributed by atoms with Gasteiger partial charge in [0, 0.05) is 25.6 Å². The molecule has 1 aliphatic heterocycles. The minimum Gasteiger partial charge on any atom is -0.352 e. The summed E-state index contributed by atoms with van der Waals surface area (Å²) in [4.78, 5) is 40.6. The first-order chi connectivity index (χ1) is 16.7. The standard InChI is InChI=1S/C26H33N3O5S/c1-4-19(3)27-25(31)22(5-2)28(17-15-20-11-7-6-8-12-20)24(30)16-18-29-26(32)21-13-9-10-14-23(21)35(29,33)34/h6-14,19,22H,4-5,15-18H2,1-3H3,(H,27,31). The predicted octanol–water partition coefficient (Wildman–Crippen LogP) is 2.99. The second kappa shape index (κ2) is 11.5. The van der Waals surface area contributed by atoms with Crippen LogP contribution in [-0.4, -0.2) is 60.5 Å². The van der Waals surface area contributed by atoms with Crippen molar-refractivity contribution in [2.45, 2.75) is 63.4 Å². The molecule has 3 amide bonds. The highest BCUT2D eigenvalue weighted by molar-refractivity contribution is 7.90. The van der Waals surface area contributed by atoms with Gasteiger partial charge in [0.15, 0.2) is 0 Å². The number of amides is 3. The third-order valence-electron chi connectivity index (χ3n) is 6.31.